The Morgan fingerprint density at radius 1 is 1.10 bits per heavy atom. The Hall–Kier alpha value is -3.55. The summed E-state index contributed by atoms with van der Waals surface area (Å²) in [5.41, 5.74) is 0.841. The first-order chi connectivity index (χ1) is 14.1. The second-order valence-corrected chi connectivity index (χ2v) is 6.74. The average Bonchev–Trinajstić information content (AvgIpc) is 3.28. The van der Waals surface area contributed by atoms with Crippen molar-refractivity contribution in [2.24, 2.45) is 0 Å². The van der Waals surface area contributed by atoms with Crippen LogP contribution in [0.15, 0.2) is 53.1 Å². The molecule has 1 amide bonds. The van der Waals surface area contributed by atoms with Crippen molar-refractivity contribution in [3.8, 4) is 5.75 Å². The van der Waals surface area contributed by atoms with Gasteiger partial charge in [-0.1, -0.05) is 12.1 Å². The fraction of sp³-hybridized carbons (Fsp3) is 0.286. The van der Waals surface area contributed by atoms with Crippen molar-refractivity contribution < 1.29 is 13.9 Å². The number of benzene rings is 1. The van der Waals surface area contributed by atoms with E-state index in [0.717, 1.165) is 17.3 Å². The molecule has 0 unspecified atom stereocenters. The molecule has 1 aliphatic heterocycles. The molecule has 0 bridgehead atoms. The maximum atomic E-state index is 12.4. The van der Waals surface area contributed by atoms with E-state index in [-0.39, 0.29) is 5.91 Å². The van der Waals surface area contributed by atoms with Crippen molar-refractivity contribution in [1.29, 1.82) is 0 Å². The Morgan fingerprint density at radius 3 is 2.62 bits per heavy atom. The van der Waals surface area contributed by atoms with Crippen LogP contribution in [0.4, 0.5) is 17.3 Å². The zero-order valence-corrected chi connectivity index (χ0v) is 16.5. The van der Waals surface area contributed by atoms with E-state index < -0.39 is 0 Å². The van der Waals surface area contributed by atoms with Crippen molar-refractivity contribution in [2.45, 2.75) is 6.92 Å². The summed E-state index contributed by atoms with van der Waals surface area (Å²) in [6, 6.07) is 13.0. The molecule has 8 nitrogen and oxygen atoms in total. The van der Waals surface area contributed by atoms with Gasteiger partial charge in [-0.3, -0.25) is 4.79 Å². The van der Waals surface area contributed by atoms with Crippen LogP contribution in [0, 0.1) is 6.92 Å². The Bertz CT molecular complexity index is 982. The molecule has 0 saturated carbocycles. The third-order valence-corrected chi connectivity index (χ3v) is 4.82. The number of methoxy groups -OCH3 is 1. The molecule has 2 aromatic heterocycles. The molecule has 1 aromatic carbocycles. The molecule has 1 N–H and O–H groups in total. The molecule has 0 aliphatic carbocycles. The van der Waals surface area contributed by atoms with Crippen LogP contribution >= 0.6 is 0 Å². The van der Waals surface area contributed by atoms with Gasteiger partial charge in [0.1, 0.15) is 23.2 Å². The van der Waals surface area contributed by atoms with Crippen LogP contribution in [0.3, 0.4) is 0 Å². The van der Waals surface area contributed by atoms with Crippen LogP contribution in [0.1, 0.15) is 16.4 Å². The van der Waals surface area contributed by atoms with E-state index in [9.17, 15) is 4.79 Å². The van der Waals surface area contributed by atoms with Gasteiger partial charge in [-0.15, -0.1) is 0 Å². The van der Waals surface area contributed by atoms with E-state index in [1.54, 1.807) is 24.1 Å². The number of piperazine rings is 1. The van der Waals surface area contributed by atoms with Gasteiger partial charge in [0.25, 0.3) is 5.91 Å². The third-order valence-electron chi connectivity index (χ3n) is 4.82. The highest BCUT2D eigenvalue weighted by molar-refractivity contribution is 5.91. The number of carbonyl (C=O) groups is 1. The highest BCUT2D eigenvalue weighted by Crippen LogP contribution is 2.27. The minimum atomic E-state index is -0.0768. The molecule has 0 radical (unpaired) electrons. The van der Waals surface area contributed by atoms with Gasteiger partial charge >= 0.3 is 0 Å². The molecule has 0 spiro atoms. The van der Waals surface area contributed by atoms with Crippen molar-refractivity contribution in [1.82, 2.24) is 14.9 Å². The highest BCUT2D eigenvalue weighted by Gasteiger charge is 2.24. The Labute approximate surface area is 169 Å². The van der Waals surface area contributed by atoms with Crippen LogP contribution < -0.4 is 15.0 Å². The van der Waals surface area contributed by atoms with E-state index in [1.165, 1.54) is 6.26 Å². The molecular formula is C21H23N5O3. The van der Waals surface area contributed by atoms with Crippen molar-refractivity contribution in [3.05, 3.63) is 60.3 Å². The number of aryl methyl sites for hydroxylation is 1. The molecular weight excluding hydrogens is 370 g/mol. The Kier molecular flexibility index (Phi) is 5.33. The number of carbonyl (C=O) groups excluding carboxylic acids is 1. The lowest BCUT2D eigenvalue weighted by atomic mass is 10.2. The summed E-state index contributed by atoms with van der Waals surface area (Å²) < 4.78 is 10.6. The van der Waals surface area contributed by atoms with Gasteiger partial charge in [0.15, 0.2) is 5.76 Å². The number of aromatic nitrogens is 2. The number of ether oxygens (including phenoxy) is 1. The average molecular weight is 393 g/mol. The molecule has 29 heavy (non-hydrogen) atoms. The van der Waals surface area contributed by atoms with E-state index in [1.807, 2.05) is 37.3 Å². The number of nitrogens with zero attached hydrogens (tertiary/aromatic N) is 4. The lowest BCUT2D eigenvalue weighted by Crippen LogP contribution is -2.49. The molecule has 150 valence electrons. The number of nitrogens with one attached hydrogen (secondary N) is 1. The maximum Gasteiger partial charge on any atom is 0.289 e. The first-order valence-electron chi connectivity index (χ1n) is 9.47. The predicted molar refractivity (Wildman–Crippen MR) is 110 cm³/mol. The molecule has 1 saturated heterocycles. The molecule has 8 heteroatoms. The summed E-state index contributed by atoms with van der Waals surface area (Å²) in [5, 5.41) is 3.31. The van der Waals surface area contributed by atoms with E-state index >= 15 is 0 Å². The summed E-state index contributed by atoms with van der Waals surface area (Å²) in [7, 11) is 1.64. The Morgan fingerprint density at radius 2 is 1.90 bits per heavy atom. The topological polar surface area (TPSA) is 83.7 Å². The standard InChI is InChI=1S/C21H23N5O3/c1-15-22-19(24-16-6-3-4-7-17(16)28-2)14-20(23-15)25-9-11-26(12-10-25)21(27)18-8-5-13-29-18/h3-8,13-14H,9-12H2,1-2H3,(H,22,23,24). The number of furan rings is 1. The number of hydrogen-bond donors (Lipinski definition) is 1. The van der Waals surface area contributed by atoms with Crippen LogP contribution in [0.25, 0.3) is 0 Å². The van der Waals surface area contributed by atoms with Crippen LogP contribution in [-0.2, 0) is 0 Å². The van der Waals surface area contributed by atoms with E-state index in [4.69, 9.17) is 9.15 Å². The normalized spacial score (nSPS) is 14.0. The maximum absolute atomic E-state index is 12.4. The smallest absolute Gasteiger partial charge is 0.289 e. The first kappa shape index (κ1) is 18.8. The zero-order chi connectivity index (χ0) is 20.2. The predicted octanol–water partition coefficient (Wildman–Crippen LogP) is 3.09. The number of rotatable bonds is 5. The second-order valence-electron chi connectivity index (χ2n) is 6.74. The molecule has 3 heterocycles. The molecule has 1 fully saturated rings. The van der Waals surface area contributed by atoms with Gasteiger partial charge in [0.05, 0.1) is 19.1 Å². The Balaban J connectivity index is 1.46. The minimum Gasteiger partial charge on any atom is -0.495 e. The number of hydrogen-bond acceptors (Lipinski definition) is 7. The summed E-state index contributed by atoms with van der Waals surface area (Å²) in [5.74, 6) is 3.25. The van der Waals surface area contributed by atoms with Gasteiger partial charge in [-0.25, -0.2) is 9.97 Å². The molecule has 0 atom stereocenters. The number of amides is 1. The second kappa shape index (κ2) is 8.22. The van der Waals surface area contributed by atoms with Crippen molar-refractivity contribution in [3.63, 3.8) is 0 Å². The van der Waals surface area contributed by atoms with Crippen molar-refractivity contribution in [2.75, 3.05) is 43.5 Å². The largest absolute Gasteiger partial charge is 0.495 e. The lowest BCUT2D eigenvalue weighted by Gasteiger charge is -2.35. The van der Waals surface area contributed by atoms with Gasteiger partial charge < -0.3 is 24.3 Å². The van der Waals surface area contributed by atoms with Crippen LogP contribution in [0.5, 0.6) is 5.75 Å². The minimum absolute atomic E-state index is 0.0768. The first-order valence-corrected chi connectivity index (χ1v) is 9.47. The quantitative estimate of drug-likeness (QED) is 0.713. The van der Waals surface area contributed by atoms with Crippen LogP contribution in [-0.4, -0.2) is 54.1 Å². The SMILES string of the molecule is COc1ccccc1Nc1cc(N2CCN(C(=O)c3ccco3)CC2)nc(C)n1. The summed E-state index contributed by atoms with van der Waals surface area (Å²) >= 11 is 0. The zero-order valence-electron chi connectivity index (χ0n) is 16.5. The summed E-state index contributed by atoms with van der Waals surface area (Å²) in [6.45, 7) is 4.47. The van der Waals surface area contributed by atoms with Gasteiger partial charge in [-0.05, 0) is 31.2 Å². The van der Waals surface area contributed by atoms with Gasteiger partial charge in [-0.2, -0.15) is 0 Å². The highest BCUT2D eigenvalue weighted by atomic mass is 16.5. The summed E-state index contributed by atoms with van der Waals surface area (Å²) in [4.78, 5) is 25.5. The molecule has 1 aliphatic rings. The fourth-order valence-corrected chi connectivity index (χ4v) is 3.36. The van der Waals surface area contributed by atoms with Gasteiger partial charge in [0.2, 0.25) is 0 Å². The molecule has 4 rings (SSSR count). The van der Waals surface area contributed by atoms with E-state index in [0.29, 0.717) is 43.6 Å². The number of anilines is 3. The van der Waals surface area contributed by atoms with Gasteiger partial charge in [0, 0.05) is 32.2 Å². The third kappa shape index (κ3) is 4.16. The summed E-state index contributed by atoms with van der Waals surface area (Å²) in [6.07, 6.45) is 1.52. The fourth-order valence-electron chi connectivity index (χ4n) is 3.36. The monoisotopic (exact) mass is 393 g/mol. The van der Waals surface area contributed by atoms with Crippen LogP contribution in [0.2, 0.25) is 0 Å². The number of para-hydroxylation sites is 2. The molecule has 3 aromatic rings. The van der Waals surface area contributed by atoms with Crippen molar-refractivity contribution >= 4 is 23.2 Å². The van der Waals surface area contributed by atoms with E-state index in [2.05, 4.69) is 20.2 Å². The lowest BCUT2D eigenvalue weighted by molar-refractivity contribution is 0.0714.